The van der Waals surface area contributed by atoms with Crippen LogP contribution in [-0.4, -0.2) is 15.6 Å². The number of aromatic nitrogens is 2. The van der Waals surface area contributed by atoms with Crippen molar-refractivity contribution in [2.75, 3.05) is 5.43 Å². The lowest BCUT2D eigenvalue weighted by molar-refractivity contribution is 0.0980. The first-order valence-corrected chi connectivity index (χ1v) is 7.31. The second-order valence-electron chi connectivity index (χ2n) is 4.48. The molecule has 3 aromatic heterocycles. The number of H-pyrrole nitrogens is 1. The monoisotopic (exact) mass is 321 g/mol. The van der Waals surface area contributed by atoms with Crippen LogP contribution in [0.5, 0.6) is 0 Å². The molecule has 0 saturated heterocycles. The minimum absolute atomic E-state index is 0.106. The van der Waals surface area contributed by atoms with E-state index >= 15 is 0 Å². The summed E-state index contributed by atoms with van der Waals surface area (Å²) in [6.45, 7) is 3.80. The lowest BCUT2D eigenvalue weighted by atomic mass is 10.2. The van der Waals surface area contributed by atoms with Gasteiger partial charge >= 0.3 is 5.91 Å². The summed E-state index contributed by atoms with van der Waals surface area (Å²) in [5.41, 5.74) is 2.98. The van der Waals surface area contributed by atoms with Crippen LogP contribution in [-0.2, 0) is 0 Å². The van der Waals surface area contributed by atoms with E-state index in [2.05, 4.69) is 10.4 Å². The van der Waals surface area contributed by atoms with E-state index in [1.807, 2.05) is 13.8 Å². The summed E-state index contributed by atoms with van der Waals surface area (Å²) < 4.78 is 6.16. The third-order valence-electron chi connectivity index (χ3n) is 3.18. The predicted molar refractivity (Wildman–Crippen MR) is 83.1 cm³/mol. The number of thiophene rings is 1. The van der Waals surface area contributed by atoms with Crippen molar-refractivity contribution in [3.05, 3.63) is 49.7 Å². The number of carbonyl (C=O) groups is 1. The molecule has 0 aromatic carbocycles. The van der Waals surface area contributed by atoms with Gasteiger partial charge in [0.1, 0.15) is 4.83 Å². The molecule has 21 heavy (non-hydrogen) atoms. The number of amides is 1. The lowest BCUT2D eigenvalue weighted by Gasteiger charge is -2.07. The van der Waals surface area contributed by atoms with Crippen molar-refractivity contribution >= 4 is 39.7 Å². The minimum atomic E-state index is -0.537. The van der Waals surface area contributed by atoms with Gasteiger partial charge in [0.15, 0.2) is 5.76 Å². The molecule has 0 fully saturated rings. The Kier molecular flexibility index (Phi) is 3.26. The average Bonchev–Trinajstić information content (AvgIpc) is 3.04. The van der Waals surface area contributed by atoms with Crippen molar-refractivity contribution in [3.63, 3.8) is 0 Å². The SMILES string of the molecule is Cc1sc2[nH]c(=S)n(NC(=O)c3ccco3)c(=O)c2c1C. The van der Waals surface area contributed by atoms with Crippen molar-refractivity contribution in [2.45, 2.75) is 13.8 Å². The molecule has 1 amide bonds. The zero-order valence-electron chi connectivity index (χ0n) is 11.2. The lowest BCUT2D eigenvalue weighted by Crippen LogP contribution is -2.34. The molecule has 3 rings (SSSR count). The molecule has 0 unspecified atom stereocenters. The number of carbonyl (C=O) groups excluding carboxylic acids is 1. The molecule has 3 heterocycles. The molecular weight excluding hydrogens is 310 g/mol. The van der Waals surface area contributed by atoms with Crippen molar-refractivity contribution in [1.29, 1.82) is 0 Å². The number of furan rings is 1. The number of nitrogens with zero attached hydrogens (tertiary/aromatic N) is 1. The van der Waals surface area contributed by atoms with Gasteiger partial charge in [-0.2, -0.15) is 4.68 Å². The van der Waals surface area contributed by atoms with Crippen molar-refractivity contribution in [1.82, 2.24) is 9.66 Å². The highest BCUT2D eigenvalue weighted by molar-refractivity contribution is 7.71. The Labute approximate surface area is 128 Å². The first kappa shape index (κ1) is 13.8. The summed E-state index contributed by atoms with van der Waals surface area (Å²) >= 11 is 6.60. The summed E-state index contributed by atoms with van der Waals surface area (Å²) in [4.78, 5) is 29.2. The van der Waals surface area contributed by atoms with Crippen LogP contribution in [0.2, 0.25) is 0 Å². The van der Waals surface area contributed by atoms with Crippen LogP contribution in [0.15, 0.2) is 27.6 Å². The number of hydrogen-bond donors (Lipinski definition) is 2. The van der Waals surface area contributed by atoms with Gasteiger partial charge < -0.3 is 9.40 Å². The second-order valence-corrected chi connectivity index (χ2v) is 6.09. The van der Waals surface area contributed by atoms with Gasteiger partial charge in [0.05, 0.1) is 11.6 Å². The van der Waals surface area contributed by atoms with Crippen LogP contribution >= 0.6 is 23.6 Å². The molecule has 6 nitrogen and oxygen atoms in total. The second kappa shape index (κ2) is 4.97. The summed E-state index contributed by atoms with van der Waals surface area (Å²) in [5, 5.41) is 0.533. The van der Waals surface area contributed by atoms with Crippen LogP contribution in [0.1, 0.15) is 21.0 Å². The van der Waals surface area contributed by atoms with Gasteiger partial charge in [0.25, 0.3) is 5.56 Å². The Hall–Kier alpha value is -2.19. The third kappa shape index (κ3) is 2.22. The normalized spacial score (nSPS) is 11.0. The van der Waals surface area contributed by atoms with Crippen molar-refractivity contribution < 1.29 is 9.21 Å². The summed E-state index contributed by atoms with van der Waals surface area (Å²) in [7, 11) is 0. The van der Waals surface area contributed by atoms with E-state index in [-0.39, 0.29) is 16.1 Å². The first-order chi connectivity index (χ1) is 9.99. The molecule has 2 N–H and O–H groups in total. The van der Waals surface area contributed by atoms with E-state index < -0.39 is 5.91 Å². The van der Waals surface area contributed by atoms with Crippen molar-refractivity contribution in [3.8, 4) is 0 Å². The molecule has 0 saturated carbocycles. The maximum absolute atomic E-state index is 12.5. The topological polar surface area (TPSA) is 80.0 Å². The van der Waals surface area contributed by atoms with Gasteiger partial charge in [-0.05, 0) is 43.8 Å². The van der Waals surface area contributed by atoms with Gasteiger partial charge in [-0.15, -0.1) is 11.3 Å². The van der Waals surface area contributed by atoms with E-state index in [9.17, 15) is 9.59 Å². The van der Waals surface area contributed by atoms with Crippen LogP contribution in [0.3, 0.4) is 0 Å². The smallest absolute Gasteiger partial charge is 0.305 e. The molecule has 108 valence electrons. The Bertz CT molecular complexity index is 948. The highest BCUT2D eigenvalue weighted by Crippen LogP contribution is 2.25. The number of nitrogens with one attached hydrogen (secondary N) is 2. The standard InChI is InChI=1S/C13H11N3O3S2/c1-6-7(2)21-11-9(6)12(18)16(13(20)14-11)15-10(17)8-4-3-5-19-8/h3-5H,1-2H3,(H,14,20)(H,15,17). The Balaban J connectivity index is 2.15. The molecule has 3 aromatic rings. The van der Waals surface area contributed by atoms with Gasteiger partial charge in [-0.3, -0.25) is 15.0 Å². The zero-order valence-corrected chi connectivity index (χ0v) is 12.9. The Morgan fingerprint density at radius 3 is 2.90 bits per heavy atom. The average molecular weight is 321 g/mol. The van der Waals surface area contributed by atoms with E-state index in [1.165, 1.54) is 23.7 Å². The van der Waals surface area contributed by atoms with Gasteiger partial charge in [0.2, 0.25) is 4.77 Å². The quantitative estimate of drug-likeness (QED) is 0.711. The summed E-state index contributed by atoms with van der Waals surface area (Å²) in [6.07, 6.45) is 1.38. The fourth-order valence-electron chi connectivity index (χ4n) is 2.00. The fourth-order valence-corrected chi connectivity index (χ4v) is 3.34. The van der Waals surface area contributed by atoms with Gasteiger partial charge in [0, 0.05) is 4.88 Å². The molecule has 0 aliphatic carbocycles. The first-order valence-electron chi connectivity index (χ1n) is 6.09. The van der Waals surface area contributed by atoms with E-state index in [0.29, 0.717) is 10.2 Å². The number of aromatic amines is 1. The van der Waals surface area contributed by atoms with E-state index in [4.69, 9.17) is 16.6 Å². The maximum Gasteiger partial charge on any atom is 0.305 e. The van der Waals surface area contributed by atoms with Crippen LogP contribution in [0.4, 0.5) is 0 Å². The largest absolute Gasteiger partial charge is 0.459 e. The Morgan fingerprint density at radius 2 is 2.24 bits per heavy atom. The van der Waals surface area contributed by atoms with E-state index in [1.54, 1.807) is 6.07 Å². The fraction of sp³-hybridized carbons (Fsp3) is 0.154. The van der Waals surface area contributed by atoms with Crippen molar-refractivity contribution in [2.24, 2.45) is 0 Å². The summed E-state index contributed by atoms with van der Waals surface area (Å²) in [6, 6.07) is 3.10. The van der Waals surface area contributed by atoms with Gasteiger partial charge in [-0.25, -0.2) is 0 Å². The number of rotatable bonds is 2. The molecule has 0 radical (unpaired) electrons. The molecule has 0 atom stereocenters. The van der Waals surface area contributed by atoms with Crippen LogP contribution in [0.25, 0.3) is 10.2 Å². The highest BCUT2D eigenvalue weighted by Gasteiger charge is 2.15. The third-order valence-corrected chi connectivity index (χ3v) is 4.59. The number of aryl methyl sites for hydroxylation is 2. The molecule has 0 bridgehead atoms. The number of fused-ring (bicyclic) bond motifs is 1. The van der Waals surface area contributed by atoms with Crippen LogP contribution in [0, 0.1) is 18.6 Å². The molecular formula is C13H11N3O3S2. The van der Waals surface area contributed by atoms with E-state index in [0.717, 1.165) is 15.1 Å². The summed E-state index contributed by atoms with van der Waals surface area (Å²) in [5.74, 6) is -0.430. The molecule has 0 aliphatic heterocycles. The van der Waals surface area contributed by atoms with Gasteiger partial charge in [-0.1, -0.05) is 0 Å². The predicted octanol–water partition coefficient (Wildman–Crippen LogP) is 2.71. The maximum atomic E-state index is 12.5. The minimum Gasteiger partial charge on any atom is -0.459 e. The van der Waals surface area contributed by atoms with Crippen LogP contribution < -0.4 is 11.0 Å². The zero-order chi connectivity index (χ0) is 15.1. The number of hydrogen-bond acceptors (Lipinski definition) is 5. The molecule has 0 spiro atoms. The highest BCUT2D eigenvalue weighted by atomic mass is 32.1. The molecule has 0 aliphatic rings. The molecule has 8 heteroatoms. The Morgan fingerprint density at radius 1 is 1.48 bits per heavy atom.